The Balaban J connectivity index is 2.89. The van der Waals surface area contributed by atoms with E-state index in [0.29, 0.717) is 5.69 Å². The van der Waals surface area contributed by atoms with Crippen molar-refractivity contribution in [2.75, 3.05) is 12.4 Å². The van der Waals surface area contributed by atoms with Gasteiger partial charge in [0.2, 0.25) is 5.91 Å². The number of carbonyl (C=O) groups is 1. The van der Waals surface area contributed by atoms with Crippen molar-refractivity contribution in [2.45, 2.75) is 26.7 Å². The Kier molecular flexibility index (Phi) is 5.29. The average molecular weight is 266 g/mol. The van der Waals surface area contributed by atoms with Crippen LogP contribution in [-0.4, -0.2) is 17.9 Å². The fraction of sp³-hybridized carbons (Fsp3) is 0.462. The van der Waals surface area contributed by atoms with Crippen LogP contribution in [0.15, 0.2) is 18.2 Å². The van der Waals surface area contributed by atoms with E-state index in [1.165, 1.54) is 25.3 Å². The van der Waals surface area contributed by atoms with Crippen LogP contribution in [0, 0.1) is 16.0 Å². The van der Waals surface area contributed by atoms with E-state index < -0.39 is 4.92 Å². The molecule has 0 fully saturated rings. The Hall–Kier alpha value is -2.11. The van der Waals surface area contributed by atoms with Gasteiger partial charge in [-0.15, -0.1) is 0 Å². The smallest absolute Gasteiger partial charge is 0.273 e. The lowest BCUT2D eigenvalue weighted by Crippen LogP contribution is -2.20. The summed E-state index contributed by atoms with van der Waals surface area (Å²) >= 11 is 0. The first kappa shape index (κ1) is 14.9. The molecule has 104 valence electrons. The highest BCUT2D eigenvalue weighted by Crippen LogP contribution is 2.29. The van der Waals surface area contributed by atoms with Crippen molar-refractivity contribution in [3.05, 3.63) is 28.3 Å². The molecule has 0 spiro atoms. The van der Waals surface area contributed by atoms with Gasteiger partial charge in [-0.05, 0) is 12.5 Å². The standard InChI is InChI=1S/C13H18N2O4/c1-4-5-9(2)13(16)14-11-7-6-10(15(17)18)8-12(11)19-3/h6-9H,4-5H2,1-3H3,(H,14,16). The zero-order chi connectivity index (χ0) is 14.4. The Bertz CT molecular complexity index is 474. The minimum Gasteiger partial charge on any atom is -0.494 e. The Morgan fingerprint density at radius 3 is 2.74 bits per heavy atom. The molecular weight excluding hydrogens is 248 g/mol. The lowest BCUT2D eigenvalue weighted by atomic mass is 10.1. The molecule has 0 radical (unpaired) electrons. The predicted octanol–water partition coefficient (Wildman–Crippen LogP) is 2.98. The largest absolute Gasteiger partial charge is 0.494 e. The number of ether oxygens (including phenoxy) is 1. The fourth-order valence-electron chi connectivity index (χ4n) is 1.72. The first-order chi connectivity index (χ1) is 8.99. The summed E-state index contributed by atoms with van der Waals surface area (Å²) in [5.74, 6) is 0.0603. The van der Waals surface area contributed by atoms with Crippen LogP contribution in [0.25, 0.3) is 0 Å². The molecule has 19 heavy (non-hydrogen) atoms. The van der Waals surface area contributed by atoms with Gasteiger partial charge >= 0.3 is 0 Å². The number of hydrogen-bond donors (Lipinski definition) is 1. The van der Waals surface area contributed by atoms with E-state index in [0.717, 1.165) is 12.8 Å². The van der Waals surface area contributed by atoms with E-state index in [4.69, 9.17) is 4.74 Å². The van der Waals surface area contributed by atoms with Crippen molar-refractivity contribution in [1.29, 1.82) is 0 Å². The molecule has 1 unspecified atom stereocenters. The number of anilines is 1. The Morgan fingerprint density at radius 1 is 1.53 bits per heavy atom. The summed E-state index contributed by atoms with van der Waals surface area (Å²) in [5.41, 5.74) is 0.373. The quantitative estimate of drug-likeness (QED) is 0.634. The van der Waals surface area contributed by atoms with E-state index >= 15 is 0 Å². The van der Waals surface area contributed by atoms with Crippen LogP contribution in [0.5, 0.6) is 5.75 Å². The van der Waals surface area contributed by atoms with Crippen LogP contribution < -0.4 is 10.1 Å². The molecule has 0 aliphatic carbocycles. The Labute approximate surface area is 111 Å². The lowest BCUT2D eigenvalue weighted by Gasteiger charge is -2.13. The van der Waals surface area contributed by atoms with E-state index in [1.54, 1.807) is 0 Å². The number of non-ortho nitro benzene ring substituents is 1. The van der Waals surface area contributed by atoms with Crippen LogP contribution in [0.2, 0.25) is 0 Å². The number of hydrogen-bond acceptors (Lipinski definition) is 4. The highest BCUT2D eigenvalue weighted by molar-refractivity contribution is 5.93. The number of methoxy groups -OCH3 is 1. The molecule has 1 atom stereocenters. The monoisotopic (exact) mass is 266 g/mol. The maximum atomic E-state index is 11.9. The van der Waals surface area contributed by atoms with Gasteiger partial charge in [0.1, 0.15) is 5.75 Å². The van der Waals surface area contributed by atoms with Crippen molar-refractivity contribution >= 4 is 17.3 Å². The number of amides is 1. The van der Waals surface area contributed by atoms with Crippen LogP contribution in [0.4, 0.5) is 11.4 Å². The molecule has 6 nitrogen and oxygen atoms in total. The topological polar surface area (TPSA) is 81.5 Å². The maximum absolute atomic E-state index is 11.9. The first-order valence-electron chi connectivity index (χ1n) is 6.12. The lowest BCUT2D eigenvalue weighted by molar-refractivity contribution is -0.384. The zero-order valence-electron chi connectivity index (χ0n) is 11.3. The molecule has 0 bridgehead atoms. The summed E-state index contributed by atoms with van der Waals surface area (Å²) < 4.78 is 5.06. The second-order valence-electron chi connectivity index (χ2n) is 4.32. The van der Waals surface area contributed by atoms with Gasteiger partial charge in [-0.1, -0.05) is 20.3 Å². The number of nitrogens with zero attached hydrogens (tertiary/aromatic N) is 1. The SMILES string of the molecule is CCCC(C)C(=O)Nc1ccc([N+](=O)[O-])cc1OC. The zero-order valence-corrected chi connectivity index (χ0v) is 11.3. The molecule has 1 rings (SSSR count). The molecule has 0 heterocycles. The van der Waals surface area contributed by atoms with Gasteiger partial charge in [0, 0.05) is 12.0 Å². The molecule has 0 aliphatic rings. The second-order valence-corrected chi connectivity index (χ2v) is 4.32. The number of nitro benzene ring substituents is 1. The molecule has 1 aromatic carbocycles. The van der Waals surface area contributed by atoms with E-state index in [2.05, 4.69) is 5.32 Å². The summed E-state index contributed by atoms with van der Waals surface area (Å²) in [5, 5.41) is 13.4. The number of carbonyl (C=O) groups excluding carboxylic acids is 1. The summed E-state index contributed by atoms with van der Waals surface area (Å²) in [6.45, 7) is 3.85. The fourth-order valence-corrected chi connectivity index (χ4v) is 1.72. The highest BCUT2D eigenvalue weighted by atomic mass is 16.6. The van der Waals surface area contributed by atoms with E-state index in [-0.39, 0.29) is 23.3 Å². The van der Waals surface area contributed by atoms with E-state index in [1.807, 2.05) is 13.8 Å². The first-order valence-corrected chi connectivity index (χ1v) is 6.12. The summed E-state index contributed by atoms with van der Waals surface area (Å²) in [7, 11) is 1.41. The van der Waals surface area contributed by atoms with Gasteiger partial charge in [0.15, 0.2) is 0 Å². The molecule has 0 saturated carbocycles. The van der Waals surface area contributed by atoms with Crippen molar-refractivity contribution < 1.29 is 14.5 Å². The van der Waals surface area contributed by atoms with Crippen molar-refractivity contribution in [3.8, 4) is 5.75 Å². The van der Waals surface area contributed by atoms with Crippen LogP contribution in [0.1, 0.15) is 26.7 Å². The number of nitro groups is 1. The third-order valence-electron chi connectivity index (χ3n) is 2.82. The van der Waals surface area contributed by atoms with Gasteiger partial charge < -0.3 is 10.1 Å². The van der Waals surface area contributed by atoms with Gasteiger partial charge in [-0.2, -0.15) is 0 Å². The molecule has 6 heteroatoms. The minimum atomic E-state index is -0.506. The molecule has 1 N–H and O–H groups in total. The molecule has 1 aromatic rings. The van der Waals surface area contributed by atoms with Gasteiger partial charge in [0.25, 0.3) is 5.69 Å². The molecular formula is C13H18N2O4. The van der Waals surface area contributed by atoms with Crippen LogP contribution in [0.3, 0.4) is 0 Å². The van der Waals surface area contributed by atoms with Gasteiger partial charge in [-0.25, -0.2) is 0 Å². The normalized spacial score (nSPS) is 11.7. The predicted molar refractivity (Wildman–Crippen MR) is 72.4 cm³/mol. The highest BCUT2D eigenvalue weighted by Gasteiger charge is 2.16. The van der Waals surface area contributed by atoms with Crippen molar-refractivity contribution in [2.24, 2.45) is 5.92 Å². The average Bonchev–Trinajstić information content (AvgIpc) is 2.39. The second kappa shape index (κ2) is 6.72. The summed E-state index contributed by atoms with van der Waals surface area (Å²) in [4.78, 5) is 22.0. The maximum Gasteiger partial charge on any atom is 0.273 e. The minimum absolute atomic E-state index is 0.0727. The van der Waals surface area contributed by atoms with Gasteiger partial charge in [0.05, 0.1) is 23.8 Å². The van der Waals surface area contributed by atoms with E-state index in [9.17, 15) is 14.9 Å². The summed E-state index contributed by atoms with van der Waals surface area (Å²) in [6, 6.07) is 4.11. The number of rotatable bonds is 6. The number of benzene rings is 1. The van der Waals surface area contributed by atoms with Crippen LogP contribution in [-0.2, 0) is 4.79 Å². The van der Waals surface area contributed by atoms with Crippen molar-refractivity contribution in [3.63, 3.8) is 0 Å². The Morgan fingerprint density at radius 2 is 2.21 bits per heavy atom. The summed E-state index contributed by atoms with van der Waals surface area (Å²) in [6.07, 6.45) is 1.72. The third kappa shape index (κ3) is 3.94. The molecule has 0 aliphatic heterocycles. The third-order valence-corrected chi connectivity index (χ3v) is 2.82. The number of nitrogens with one attached hydrogen (secondary N) is 1. The molecule has 0 aromatic heterocycles. The van der Waals surface area contributed by atoms with Crippen LogP contribution >= 0.6 is 0 Å². The van der Waals surface area contributed by atoms with Crippen molar-refractivity contribution in [1.82, 2.24) is 0 Å². The van der Waals surface area contributed by atoms with Gasteiger partial charge in [-0.3, -0.25) is 14.9 Å². The molecule has 0 saturated heterocycles. The molecule has 1 amide bonds.